The zero-order valence-corrected chi connectivity index (χ0v) is 18.4. The van der Waals surface area contributed by atoms with Crippen LogP contribution in [0.15, 0.2) is 36.5 Å². The van der Waals surface area contributed by atoms with Gasteiger partial charge in [0.05, 0.1) is 22.2 Å². The maximum absolute atomic E-state index is 13.5. The Labute approximate surface area is 194 Å². The van der Waals surface area contributed by atoms with E-state index in [1.807, 2.05) is 6.07 Å². The Hall–Kier alpha value is -3.22. The van der Waals surface area contributed by atoms with E-state index < -0.39 is 28.9 Å². The molecule has 0 radical (unpaired) electrons. The molecule has 2 aromatic rings. The Bertz CT molecular complexity index is 1110. The van der Waals surface area contributed by atoms with Crippen molar-refractivity contribution in [1.82, 2.24) is 15.6 Å². The highest BCUT2D eigenvalue weighted by Gasteiger charge is 2.55. The number of rotatable bonds is 6. The van der Waals surface area contributed by atoms with Crippen molar-refractivity contribution >= 4 is 23.4 Å². The Balaban J connectivity index is 1.34. The predicted molar refractivity (Wildman–Crippen MR) is 116 cm³/mol. The Morgan fingerprint density at radius 1 is 1.24 bits per heavy atom. The molecule has 2 bridgehead atoms. The van der Waals surface area contributed by atoms with E-state index in [1.165, 1.54) is 30.5 Å². The zero-order chi connectivity index (χ0) is 23.6. The molecule has 0 unspecified atom stereocenters. The molecule has 172 valence electrons. The molecule has 5 rings (SSSR count). The minimum Gasteiger partial charge on any atom is -0.484 e. The van der Waals surface area contributed by atoms with Crippen LogP contribution in [-0.4, -0.2) is 45.7 Å². The minimum absolute atomic E-state index is 0.0328. The van der Waals surface area contributed by atoms with Gasteiger partial charge in [-0.05, 0) is 56.4 Å². The fourth-order valence-corrected chi connectivity index (χ4v) is 4.71. The normalized spacial score (nSPS) is 25.7. The van der Waals surface area contributed by atoms with Gasteiger partial charge in [0.1, 0.15) is 23.3 Å². The van der Waals surface area contributed by atoms with Crippen molar-refractivity contribution in [2.24, 2.45) is 0 Å². The predicted octanol–water partition coefficient (Wildman–Crippen LogP) is 2.49. The van der Waals surface area contributed by atoms with Crippen molar-refractivity contribution in [3.63, 3.8) is 0 Å². The van der Waals surface area contributed by atoms with E-state index in [0.29, 0.717) is 31.2 Å². The second-order valence-electron chi connectivity index (χ2n) is 8.57. The maximum Gasteiger partial charge on any atom is 0.270 e. The molecule has 33 heavy (non-hydrogen) atoms. The van der Waals surface area contributed by atoms with Crippen LogP contribution in [-0.2, 0) is 4.79 Å². The van der Waals surface area contributed by atoms with Crippen LogP contribution >= 0.6 is 11.6 Å². The van der Waals surface area contributed by atoms with E-state index in [0.717, 1.165) is 6.07 Å². The fraction of sp³-hybridized carbons (Fsp3) is 0.391. The number of aliphatic hydroxyl groups excluding tert-OH is 1. The maximum atomic E-state index is 13.5. The first kappa shape index (κ1) is 23.0. The Morgan fingerprint density at radius 2 is 2.00 bits per heavy atom. The standard InChI is InChI=1S/C23H22ClFN4O4/c24-16-3-2-15(9-17(16)25)33-13-20(31)28-22-5-7-23(8-6-22,19(30)10-22)29-21(32)18-4-1-14(11-26)12-27-18/h1-4,9,12,19,30H,5-8,10,13H2,(H,28,31)(H,29,32)/t19-,22?,23?/m0/s1. The molecule has 1 aromatic carbocycles. The van der Waals surface area contributed by atoms with Gasteiger partial charge in [-0.25, -0.2) is 9.37 Å². The van der Waals surface area contributed by atoms with Crippen LogP contribution in [0.1, 0.15) is 48.2 Å². The molecule has 3 fully saturated rings. The van der Waals surface area contributed by atoms with Gasteiger partial charge in [-0.1, -0.05) is 11.6 Å². The molecule has 3 aliphatic rings. The number of pyridine rings is 1. The highest BCUT2D eigenvalue weighted by Crippen LogP contribution is 2.47. The molecular formula is C23H22ClFN4O4. The van der Waals surface area contributed by atoms with Crippen LogP contribution in [0.3, 0.4) is 0 Å². The summed E-state index contributed by atoms with van der Waals surface area (Å²) < 4.78 is 18.9. The highest BCUT2D eigenvalue weighted by atomic mass is 35.5. The number of nitrogens with one attached hydrogen (secondary N) is 2. The molecule has 0 saturated heterocycles. The fourth-order valence-electron chi connectivity index (χ4n) is 4.59. The summed E-state index contributed by atoms with van der Waals surface area (Å²) in [6.07, 6.45) is 2.88. The topological polar surface area (TPSA) is 124 Å². The lowest BCUT2D eigenvalue weighted by Crippen LogP contribution is -2.70. The van der Waals surface area contributed by atoms with E-state index in [-0.39, 0.29) is 35.4 Å². The summed E-state index contributed by atoms with van der Waals surface area (Å²) in [4.78, 5) is 29.2. The lowest BCUT2D eigenvalue weighted by molar-refractivity contribution is -0.129. The average Bonchev–Trinajstić information content (AvgIpc) is 2.81. The summed E-state index contributed by atoms with van der Waals surface area (Å²) in [5.41, 5.74) is -0.867. The van der Waals surface area contributed by atoms with Gasteiger partial charge < -0.3 is 20.5 Å². The van der Waals surface area contributed by atoms with Crippen LogP contribution < -0.4 is 15.4 Å². The van der Waals surface area contributed by atoms with E-state index in [9.17, 15) is 19.1 Å². The van der Waals surface area contributed by atoms with Gasteiger partial charge in [0.15, 0.2) is 6.61 Å². The molecule has 2 amide bonds. The number of ether oxygens (including phenoxy) is 1. The van der Waals surface area contributed by atoms with Gasteiger partial charge in [-0.3, -0.25) is 9.59 Å². The van der Waals surface area contributed by atoms with Crippen molar-refractivity contribution in [3.8, 4) is 11.8 Å². The molecule has 3 N–H and O–H groups in total. The van der Waals surface area contributed by atoms with E-state index >= 15 is 0 Å². The number of halogens is 2. The number of aliphatic hydroxyl groups is 1. The van der Waals surface area contributed by atoms with Crippen molar-refractivity contribution in [2.45, 2.75) is 49.3 Å². The van der Waals surface area contributed by atoms with Gasteiger partial charge in [0, 0.05) is 17.8 Å². The molecule has 1 aromatic heterocycles. The SMILES string of the molecule is N#Cc1ccc(C(=O)NC23CCC(NC(=O)COc4ccc(Cl)c(F)c4)(CC2)C[C@@H]3O)nc1. The molecule has 3 aliphatic carbocycles. The van der Waals surface area contributed by atoms with Crippen molar-refractivity contribution in [1.29, 1.82) is 5.26 Å². The molecule has 0 aliphatic heterocycles. The van der Waals surface area contributed by atoms with Crippen LogP contribution in [0.2, 0.25) is 5.02 Å². The summed E-state index contributed by atoms with van der Waals surface area (Å²) in [6.45, 7) is -0.300. The van der Waals surface area contributed by atoms with E-state index in [2.05, 4.69) is 15.6 Å². The molecule has 0 spiro atoms. The Kier molecular flexibility index (Phi) is 6.23. The second-order valence-corrected chi connectivity index (χ2v) is 8.97. The number of hydrogen-bond donors (Lipinski definition) is 3. The highest BCUT2D eigenvalue weighted by molar-refractivity contribution is 6.30. The number of benzene rings is 1. The van der Waals surface area contributed by atoms with Gasteiger partial charge >= 0.3 is 0 Å². The van der Waals surface area contributed by atoms with Gasteiger partial charge in [-0.2, -0.15) is 5.26 Å². The average molecular weight is 473 g/mol. The van der Waals surface area contributed by atoms with Crippen LogP contribution in [0.25, 0.3) is 0 Å². The number of nitriles is 1. The monoisotopic (exact) mass is 472 g/mol. The number of carbonyl (C=O) groups excluding carboxylic acids is 2. The first-order valence-electron chi connectivity index (χ1n) is 10.5. The van der Waals surface area contributed by atoms with E-state index in [1.54, 1.807) is 0 Å². The quantitative estimate of drug-likeness (QED) is 0.593. The first-order valence-corrected chi connectivity index (χ1v) is 10.9. The lowest BCUT2D eigenvalue weighted by Gasteiger charge is -2.56. The van der Waals surface area contributed by atoms with Crippen molar-refractivity contribution in [2.75, 3.05) is 6.61 Å². The lowest BCUT2D eigenvalue weighted by atomic mass is 9.60. The molecule has 1 atom stereocenters. The number of nitrogens with zero attached hydrogens (tertiary/aromatic N) is 2. The van der Waals surface area contributed by atoms with Gasteiger partial charge in [-0.15, -0.1) is 0 Å². The summed E-state index contributed by atoms with van der Waals surface area (Å²) in [5, 5.41) is 25.6. The van der Waals surface area contributed by atoms with Gasteiger partial charge in [0.25, 0.3) is 11.8 Å². The molecule has 3 saturated carbocycles. The number of carbonyl (C=O) groups is 2. The molecule has 10 heteroatoms. The van der Waals surface area contributed by atoms with Crippen molar-refractivity contribution in [3.05, 3.63) is 58.6 Å². The third kappa shape index (κ3) is 4.77. The smallest absolute Gasteiger partial charge is 0.270 e. The molecular weight excluding hydrogens is 451 g/mol. The summed E-state index contributed by atoms with van der Waals surface area (Å²) in [7, 11) is 0. The minimum atomic E-state index is -0.853. The van der Waals surface area contributed by atoms with Crippen molar-refractivity contribution < 1.29 is 23.8 Å². The third-order valence-electron chi connectivity index (χ3n) is 6.47. The number of aromatic nitrogens is 1. The first-order chi connectivity index (χ1) is 15.7. The zero-order valence-electron chi connectivity index (χ0n) is 17.6. The number of hydrogen-bond acceptors (Lipinski definition) is 6. The van der Waals surface area contributed by atoms with Gasteiger partial charge in [0.2, 0.25) is 0 Å². The Morgan fingerprint density at radius 3 is 2.61 bits per heavy atom. The summed E-state index contributed by atoms with van der Waals surface area (Å²) in [6, 6.07) is 8.87. The summed E-state index contributed by atoms with van der Waals surface area (Å²) in [5.74, 6) is -1.24. The number of amides is 2. The van der Waals surface area contributed by atoms with E-state index in [4.69, 9.17) is 21.6 Å². The third-order valence-corrected chi connectivity index (χ3v) is 6.78. The van der Waals surface area contributed by atoms with Crippen LogP contribution in [0.5, 0.6) is 5.75 Å². The molecule has 8 nitrogen and oxygen atoms in total. The summed E-state index contributed by atoms with van der Waals surface area (Å²) >= 11 is 5.64. The number of fused-ring (bicyclic) bond motifs is 3. The second kappa shape index (κ2) is 8.96. The molecule has 1 heterocycles. The van der Waals surface area contributed by atoms with Crippen LogP contribution in [0.4, 0.5) is 4.39 Å². The van der Waals surface area contributed by atoms with Crippen LogP contribution in [0, 0.1) is 17.1 Å². The largest absolute Gasteiger partial charge is 0.484 e.